The van der Waals surface area contributed by atoms with Crippen molar-refractivity contribution in [1.29, 1.82) is 0 Å². The molecule has 15 heavy (non-hydrogen) atoms. The molecule has 1 rings (SSSR count). The van der Waals surface area contributed by atoms with Crippen LogP contribution in [0.3, 0.4) is 0 Å². The average Bonchev–Trinajstić information content (AvgIpc) is 2.06. The summed E-state index contributed by atoms with van der Waals surface area (Å²) in [5.74, 6) is -0.965. The Balaban J connectivity index is 2.88. The van der Waals surface area contributed by atoms with Gasteiger partial charge in [0.2, 0.25) is 0 Å². The molecule has 0 atom stereocenters. The summed E-state index contributed by atoms with van der Waals surface area (Å²) in [6.07, 6.45) is 0. The van der Waals surface area contributed by atoms with Gasteiger partial charge in [0, 0.05) is 0 Å². The minimum atomic E-state index is -0.568. The molecule has 0 saturated carbocycles. The summed E-state index contributed by atoms with van der Waals surface area (Å²) in [5.41, 5.74) is -0.247. The summed E-state index contributed by atoms with van der Waals surface area (Å²) in [6.45, 7) is 6.80. The van der Waals surface area contributed by atoms with Crippen LogP contribution in [0.25, 0.3) is 0 Å². The minimum Gasteiger partial charge on any atom is -0.455 e. The molecular formula is C11H14FNO2. The lowest BCUT2D eigenvalue weighted by molar-refractivity contribution is 0.00625. The highest BCUT2D eigenvalue weighted by molar-refractivity contribution is 5.87. The number of nitrogens with zero attached hydrogens (tertiary/aromatic N) is 1. The van der Waals surface area contributed by atoms with Gasteiger partial charge in [0.15, 0.2) is 0 Å². The maximum absolute atomic E-state index is 12.9. The maximum Gasteiger partial charge on any atom is 0.357 e. The normalized spacial score (nSPS) is 11.3. The molecule has 0 radical (unpaired) electrons. The van der Waals surface area contributed by atoms with E-state index in [0.717, 1.165) is 0 Å². The highest BCUT2D eigenvalue weighted by Gasteiger charge is 2.19. The van der Waals surface area contributed by atoms with Crippen molar-refractivity contribution in [3.05, 3.63) is 29.3 Å². The van der Waals surface area contributed by atoms with Gasteiger partial charge in [-0.3, -0.25) is 0 Å². The van der Waals surface area contributed by atoms with E-state index in [0.29, 0.717) is 0 Å². The zero-order valence-electron chi connectivity index (χ0n) is 9.30. The van der Waals surface area contributed by atoms with Crippen molar-refractivity contribution in [2.24, 2.45) is 0 Å². The smallest absolute Gasteiger partial charge is 0.357 e. The number of carbonyl (C=O) groups is 1. The molecule has 0 aliphatic carbocycles. The Kier molecular flexibility index (Phi) is 3.07. The topological polar surface area (TPSA) is 39.2 Å². The lowest BCUT2D eigenvalue weighted by atomic mass is 10.2. The SMILES string of the molecule is Cc1nc(C(=O)OC(C)(C)C)ccc1F. The number of esters is 1. The molecule has 1 aromatic rings. The lowest BCUT2D eigenvalue weighted by Gasteiger charge is -2.19. The van der Waals surface area contributed by atoms with Crippen molar-refractivity contribution in [2.75, 3.05) is 0 Å². The molecule has 0 aliphatic rings. The predicted molar refractivity (Wildman–Crippen MR) is 54.1 cm³/mol. The first kappa shape index (κ1) is 11.6. The van der Waals surface area contributed by atoms with Gasteiger partial charge in [0.25, 0.3) is 0 Å². The van der Waals surface area contributed by atoms with Crippen LogP contribution in [0, 0.1) is 12.7 Å². The summed E-state index contributed by atoms with van der Waals surface area (Å²) in [6, 6.07) is 2.53. The first-order valence-corrected chi connectivity index (χ1v) is 4.66. The molecule has 1 aromatic heterocycles. The molecule has 0 N–H and O–H groups in total. The molecule has 0 unspecified atom stereocenters. The van der Waals surface area contributed by atoms with Crippen LogP contribution in [0.15, 0.2) is 12.1 Å². The van der Waals surface area contributed by atoms with Crippen LogP contribution in [0.4, 0.5) is 4.39 Å². The minimum absolute atomic E-state index is 0.129. The zero-order chi connectivity index (χ0) is 11.6. The van der Waals surface area contributed by atoms with E-state index < -0.39 is 17.4 Å². The van der Waals surface area contributed by atoms with E-state index in [9.17, 15) is 9.18 Å². The summed E-state index contributed by atoms with van der Waals surface area (Å²) in [5, 5.41) is 0. The number of aryl methyl sites for hydroxylation is 1. The maximum atomic E-state index is 12.9. The molecule has 0 spiro atoms. The van der Waals surface area contributed by atoms with E-state index in [1.54, 1.807) is 20.8 Å². The standard InChI is InChI=1S/C11H14FNO2/c1-7-8(12)5-6-9(13-7)10(14)15-11(2,3)4/h5-6H,1-4H3. The van der Waals surface area contributed by atoms with Crippen LogP contribution in [0.2, 0.25) is 0 Å². The third kappa shape index (κ3) is 3.31. The van der Waals surface area contributed by atoms with Gasteiger partial charge in [0.1, 0.15) is 17.1 Å². The van der Waals surface area contributed by atoms with Gasteiger partial charge in [-0.2, -0.15) is 0 Å². The van der Waals surface area contributed by atoms with Gasteiger partial charge < -0.3 is 4.74 Å². The van der Waals surface area contributed by atoms with Crippen LogP contribution in [0.5, 0.6) is 0 Å². The van der Waals surface area contributed by atoms with Crippen molar-refractivity contribution in [3.8, 4) is 0 Å². The second-order valence-corrected chi connectivity index (χ2v) is 4.27. The zero-order valence-corrected chi connectivity index (χ0v) is 9.30. The average molecular weight is 211 g/mol. The van der Waals surface area contributed by atoms with Crippen molar-refractivity contribution in [2.45, 2.75) is 33.3 Å². The molecule has 0 fully saturated rings. The number of rotatable bonds is 1. The fourth-order valence-electron chi connectivity index (χ4n) is 0.988. The lowest BCUT2D eigenvalue weighted by Crippen LogP contribution is -2.24. The van der Waals surface area contributed by atoms with E-state index >= 15 is 0 Å². The molecule has 0 aromatic carbocycles. The molecule has 0 saturated heterocycles. The Hall–Kier alpha value is -1.45. The monoisotopic (exact) mass is 211 g/mol. The molecule has 0 bridgehead atoms. The van der Waals surface area contributed by atoms with Gasteiger partial charge >= 0.3 is 5.97 Å². The van der Waals surface area contributed by atoms with Gasteiger partial charge in [0.05, 0.1) is 5.69 Å². The highest BCUT2D eigenvalue weighted by atomic mass is 19.1. The van der Waals surface area contributed by atoms with Gasteiger partial charge in [-0.1, -0.05) is 0 Å². The number of halogens is 1. The Morgan fingerprint density at radius 2 is 2.00 bits per heavy atom. The number of hydrogen-bond acceptors (Lipinski definition) is 3. The molecule has 0 amide bonds. The number of pyridine rings is 1. The van der Waals surface area contributed by atoms with Crippen molar-refractivity contribution in [1.82, 2.24) is 4.98 Å². The van der Waals surface area contributed by atoms with Crippen LogP contribution in [-0.4, -0.2) is 16.6 Å². The number of hydrogen-bond donors (Lipinski definition) is 0. The van der Waals surface area contributed by atoms with Gasteiger partial charge in [-0.05, 0) is 39.8 Å². The van der Waals surface area contributed by atoms with Crippen molar-refractivity contribution in [3.63, 3.8) is 0 Å². The fraction of sp³-hybridized carbons (Fsp3) is 0.455. The first-order valence-electron chi connectivity index (χ1n) is 4.66. The Labute approximate surface area is 88.3 Å². The van der Waals surface area contributed by atoms with E-state index in [4.69, 9.17) is 4.74 Å². The third-order valence-corrected chi connectivity index (χ3v) is 1.63. The second-order valence-electron chi connectivity index (χ2n) is 4.27. The van der Waals surface area contributed by atoms with E-state index in [1.807, 2.05) is 0 Å². The van der Waals surface area contributed by atoms with Crippen LogP contribution < -0.4 is 0 Å². The van der Waals surface area contributed by atoms with Gasteiger partial charge in [-0.25, -0.2) is 14.2 Å². The largest absolute Gasteiger partial charge is 0.455 e. The molecule has 3 nitrogen and oxygen atoms in total. The van der Waals surface area contributed by atoms with Crippen LogP contribution in [0.1, 0.15) is 37.0 Å². The summed E-state index contributed by atoms with van der Waals surface area (Å²) >= 11 is 0. The summed E-state index contributed by atoms with van der Waals surface area (Å²) in [7, 11) is 0. The number of ether oxygens (including phenoxy) is 1. The van der Waals surface area contributed by atoms with E-state index in [2.05, 4.69) is 4.98 Å². The van der Waals surface area contributed by atoms with Gasteiger partial charge in [-0.15, -0.1) is 0 Å². The van der Waals surface area contributed by atoms with E-state index in [1.165, 1.54) is 19.1 Å². The third-order valence-electron chi connectivity index (χ3n) is 1.63. The van der Waals surface area contributed by atoms with E-state index in [-0.39, 0.29) is 11.4 Å². The highest BCUT2D eigenvalue weighted by Crippen LogP contribution is 2.12. The van der Waals surface area contributed by atoms with Crippen LogP contribution in [-0.2, 0) is 4.74 Å². The van der Waals surface area contributed by atoms with Crippen molar-refractivity contribution < 1.29 is 13.9 Å². The quantitative estimate of drug-likeness (QED) is 0.670. The Morgan fingerprint density at radius 1 is 1.40 bits per heavy atom. The summed E-state index contributed by atoms with van der Waals surface area (Å²) in [4.78, 5) is 15.3. The van der Waals surface area contributed by atoms with Crippen LogP contribution >= 0.6 is 0 Å². The second kappa shape index (κ2) is 3.96. The number of carbonyl (C=O) groups excluding carboxylic acids is 1. The Morgan fingerprint density at radius 3 is 2.47 bits per heavy atom. The molecule has 1 heterocycles. The Bertz CT molecular complexity index is 383. The molecule has 0 aliphatic heterocycles. The fourth-order valence-corrected chi connectivity index (χ4v) is 0.988. The van der Waals surface area contributed by atoms with Crippen molar-refractivity contribution >= 4 is 5.97 Å². The number of aromatic nitrogens is 1. The first-order chi connectivity index (χ1) is 6.79. The molecule has 4 heteroatoms. The summed E-state index contributed by atoms with van der Waals surface area (Å²) < 4.78 is 18.0. The predicted octanol–water partition coefficient (Wildman–Crippen LogP) is 2.48. The molecule has 82 valence electrons. The molecular weight excluding hydrogens is 197 g/mol.